The highest BCUT2D eigenvalue weighted by Gasteiger charge is 2.21. The Bertz CT molecular complexity index is 225. The molecule has 0 aromatic carbocycles. The molecule has 0 radical (unpaired) electrons. The summed E-state index contributed by atoms with van der Waals surface area (Å²) in [5, 5.41) is 0. The summed E-state index contributed by atoms with van der Waals surface area (Å²) in [7, 11) is 3.61. The van der Waals surface area contributed by atoms with Crippen LogP contribution in [-0.4, -0.2) is 74.1 Å². The van der Waals surface area contributed by atoms with E-state index in [4.69, 9.17) is 5.73 Å². The Hall–Kier alpha value is -0.810. The van der Waals surface area contributed by atoms with Gasteiger partial charge in [-0.1, -0.05) is 6.42 Å². The highest BCUT2D eigenvalue weighted by Crippen LogP contribution is 2.06. The largest absolute Gasteiger partial charge is 0.331 e. The molecule has 0 spiro atoms. The van der Waals surface area contributed by atoms with Gasteiger partial charge in [0, 0.05) is 40.3 Å². The summed E-state index contributed by atoms with van der Waals surface area (Å²) in [6, 6.07) is 0.132. The van der Waals surface area contributed by atoms with Gasteiger partial charge in [-0.15, -0.1) is 0 Å². The van der Waals surface area contributed by atoms with Crippen LogP contribution in [-0.2, 0) is 0 Å². The van der Waals surface area contributed by atoms with E-state index >= 15 is 0 Å². The Kier molecular flexibility index (Phi) is 6.29. The normalized spacial score (nSPS) is 17.2. The standard InChI is InChI=1S/C12H26N4O/c1-14(2)12(17)16-10-8-15(9-11-16)7-5-3-4-6-13/h3-11,13H2,1-2H3. The van der Waals surface area contributed by atoms with Gasteiger partial charge in [0.1, 0.15) is 0 Å². The van der Waals surface area contributed by atoms with Gasteiger partial charge < -0.3 is 15.5 Å². The van der Waals surface area contributed by atoms with E-state index in [-0.39, 0.29) is 6.03 Å². The van der Waals surface area contributed by atoms with Crippen molar-refractivity contribution in [2.45, 2.75) is 19.3 Å². The molecule has 0 saturated carbocycles. The predicted molar refractivity (Wildman–Crippen MR) is 70.0 cm³/mol. The van der Waals surface area contributed by atoms with Gasteiger partial charge in [-0.2, -0.15) is 0 Å². The minimum Gasteiger partial charge on any atom is -0.331 e. The van der Waals surface area contributed by atoms with Crippen LogP contribution >= 0.6 is 0 Å². The minimum absolute atomic E-state index is 0.132. The van der Waals surface area contributed by atoms with Gasteiger partial charge in [0.15, 0.2) is 0 Å². The number of hydrogen-bond acceptors (Lipinski definition) is 3. The Balaban J connectivity index is 2.15. The van der Waals surface area contributed by atoms with Gasteiger partial charge in [0.2, 0.25) is 0 Å². The number of nitrogens with zero attached hydrogens (tertiary/aromatic N) is 3. The molecule has 100 valence electrons. The molecule has 2 N–H and O–H groups in total. The number of unbranched alkanes of at least 4 members (excludes halogenated alkanes) is 2. The first-order chi connectivity index (χ1) is 8.15. The molecule has 1 aliphatic rings. The number of carbonyl (C=O) groups is 1. The number of rotatable bonds is 5. The lowest BCUT2D eigenvalue weighted by molar-refractivity contribution is 0.122. The van der Waals surface area contributed by atoms with Crippen molar-refractivity contribution in [3.8, 4) is 0 Å². The third-order valence-corrected chi connectivity index (χ3v) is 3.20. The van der Waals surface area contributed by atoms with Crippen LogP contribution in [0.1, 0.15) is 19.3 Å². The van der Waals surface area contributed by atoms with Crippen molar-refractivity contribution in [3.05, 3.63) is 0 Å². The topological polar surface area (TPSA) is 52.8 Å². The minimum atomic E-state index is 0.132. The molecule has 0 aromatic rings. The fourth-order valence-corrected chi connectivity index (χ4v) is 2.10. The second-order valence-corrected chi connectivity index (χ2v) is 4.86. The molecule has 1 saturated heterocycles. The molecule has 0 aromatic heterocycles. The monoisotopic (exact) mass is 242 g/mol. The van der Waals surface area contributed by atoms with E-state index in [1.54, 1.807) is 4.90 Å². The SMILES string of the molecule is CN(C)C(=O)N1CCN(CCCCCN)CC1. The number of hydrogen-bond donors (Lipinski definition) is 1. The Morgan fingerprint density at radius 3 is 2.29 bits per heavy atom. The third-order valence-electron chi connectivity index (χ3n) is 3.20. The first kappa shape index (κ1) is 14.3. The van der Waals surface area contributed by atoms with Gasteiger partial charge >= 0.3 is 6.03 Å². The third kappa shape index (κ3) is 4.91. The summed E-state index contributed by atoms with van der Waals surface area (Å²) in [6.45, 7) is 5.65. The number of carbonyl (C=O) groups excluding carboxylic acids is 1. The van der Waals surface area contributed by atoms with Crippen molar-refractivity contribution in [1.29, 1.82) is 0 Å². The van der Waals surface area contributed by atoms with Gasteiger partial charge in [-0.3, -0.25) is 4.90 Å². The zero-order valence-electron chi connectivity index (χ0n) is 11.2. The Labute approximate surface area is 105 Å². The van der Waals surface area contributed by atoms with Crippen LogP contribution in [0.15, 0.2) is 0 Å². The Morgan fingerprint density at radius 1 is 1.12 bits per heavy atom. The molecular formula is C12H26N4O. The molecule has 0 bridgehead atoms. The van der Waals surface area contributed by atoms with Gasteiger partial charge in [-0.25, -0.2) is 4.79 Å². The second kappa shape index (κ2) is 7.50. The van der Waals surface area contributed by atoms with Crippen LogP contribution in [0.4, 0.5) is 4.79 Å². The van der Waals surface area contributed by atoms with Crippen LogP contribution in [0.5, 0.6) is 0 Å². The lowest BCUT2D eigenvalue weighted by atomic mass is 10.2. The smallest absolute Gasteiger partial charge is 0.319 e. The number of amides is 2. The number of urea groups is 1. The maximum atomic E-state index is 11.7. The van der Waals surface area contributed by atoms with Crippen LogP contribution < -0.4 is 5.73 Å². The molecule has 2 amide bonds. The van der Waals surface area contributed by atoms with Crippen LogP contribution in [0, 0.1) is 0 Å². The summed E-state index contributed by atoms with van der Waals surface area (Å²) >= 11 is 0. The van der Waals surface area contributed by atoms with E-state index in [9.17, 15) is 4.79 Å². The van der Waals surface area contributed by atoms with Gasteiger partial charge in [-0.05, 0) is 25.9 Å². The van der Waals surface area contributed by atoms with Crippen molar-refractivity contribution in [3.63, 3.8) is 0 Å². The molecule has 1 rings (SSSR count). The molecule has 5 nitrogen and oxygen atoms in total. The molecule has 0 atom stereocenters. The van der Waals surface area contributed by atoms with Crippen molar-refractivity contribution in [2.24, 2.45) is 5.73 Å². The number of nitrogens with two attached hydrogens (primary N) is 1. The van der Waals surface area contributed by atoms with E-state index in [0.29, 0.717) is 0 Å². The first-order valence-corrected chi connectivity index (χ1v) is 6.54. The predicted octanol–water partition coefficient (Wildman–Crippen LogP) is 0.415. The molecular weight excluding hydrogens is 216 g/mol. The quantitative estimate of drug-likeness (QED) is 0.711. The lowest BCUT2D eigenvalue weighted by Crippen LogP contribution is -2.51. The first-order valence-electron chi connectivity index (χ1n) is 6.54. The maximum absolute atomic E-state index is 11.7. The van der Waals surface area contributed by atoms with E-state index in [1.807, 2.05) is 19.0 Å². The number of piperazine rings is 1. The summed E-state index contributed by atoms with van der Waals surface area (Å²) in [5.74, 6) is 0. The molecule has 5 heteroatoms. The average Bonchev–Trinajstić information content (AvgIpc) is 2.34. The van der Waals surface area contributed by atoms with Crippen LogP contribution in [0.2, 0.25) is 0 Å². The summed E-state index contributed by atoms with van der Waals surface area (Å²) in [5.41, 5.74) is 5.47. The molecule has 0 unspecified atom stereocenters. The average molecular weight is 242 g/mol. The van der Waals surface area contributed by atoms with E-state index < -0.39 is 0 Å². The van der Waals surface area contributed by atoms with Crippen molar-refractivity contribution in [2.75, 3.05) is 53.4 Å². The summed E-state index contributed by atoms with van der Waals surface area (Å²) in [4.78, 5) is 17.7. The zero-order valence-corrected chi connectivity index (χ0v) is 11.2. The van der Waals surface area contributed by atoms with E-state index in [2.05, 4.69) is 4.90 Å². The fraction of sp³-hybridized carbons (Fsp3) is 0.917. The Morgan fingerprint density at radius 2 is 1.76 bits per heavy atom. The zero-order chi connectivity index (χ0) is 12.7. The molecule has 1 fully saturated rings. The molecule has 0 aliphatic carbocycles. The maximum Gasteiger partial charge on any atom is 0.319 e. The van der Waals surface area contributed by atoms with Gasteiger partial charge in [0.05, 0.1) is 0 Å². The van der Waals surface area contributed by atoms with Gasteiger partial charge in [0.25, 0.3) is 0 Å². The molecule has 1 aliphatic heterocycles. The van der Waals surface area contributed by atoms with Crippen molar-refractivity contribution < 1.29 is 4.79 Å². The van der Waals surface area contributed by atoms with Crippen molar-refractivity contribution in [1.82, 2.24) is 14.7 Å². The van der Waals surface area contributed by atoms with Crippen molar-refractivity contribution >= 4 is 6.03 Å². The second-order valence-electron chi connectivity index (χ2n) is 4.86. The van der Waals surface area contributed by atoms with Crippen LogP contribution in [0.3, 0.4) is 0 Å². The molecule has 17 heavy (non-hydrogen) atoms. The lowest BCUT2D eigenvalue weighted by Gasteiger charge is -2.35. The molecule has 1 heterocycles. The summed E-state index contributed by atoms with van der Waals surface area (Å²) < 4.78 is 0. The fourth-order valence-electron chi connectivity index (χ4n) is 2.10. The van der Waals surface area contributed by atoms with Crippen LogP contribution in [0.25, 0.3) is 0 Å². The highest BCUT2D eigenvalue weighted by molar-refractivity contribution is 5.73. The van der Waals surface area contributed by atoms with E-state index in [0.717, 1.165) is 45.7 Å². The summed E-state index contributed by atoms with van der Waals surface area (Å²) in [6.07, 6.45) is 3.56. The highest BCUT2D eigenvalue weighted by atomic mass is 16.2. The van der Waals surface area contributed by atoms with E-state index in [1.165, 1.54) is 12.8 Å².